The Morgan fingerprint density at radius 3 is 2.07 bits per heavy atom. The number of aliphatic hydroxyl groups excluding tert-OH is 1. The zero-order valence-corrected chi connectivity index (χ0v) is 10.1. The molecule has 0 radical (unpaired) electrons. The lowest BCUT2D eigenvalue weighted by Crippen LogP contribution is -2.20. The van der Waals surface area contributed by atoms with Gasteiger partial charge in [0, 0.05) is 5.92 Å². The second kappa shape index (κ2) is 4.75. The number of aliphatic hydroxyl groups is 1. The van der Waals surface area contributed by atoms with Crippen LogP contribution in [0.15, 0.2) is 4.52 Å². The van der Waals surface area contributed by atoms with E-state index >= 15 is 0 Å². The third-order valence-corrected chi connectivity index (χ3v) is 2.50. The lowest BCUT2D eigenvalue weighted by atomic mass is 9.91. The van der Waals surface area contributed by atoms with E-state index in [1.54, 1.807) is 6.92 Å². The van der Waals surface area contributed by atoms with Crippen molar-refractivity contribution >= 4 is 0 Å². The minimum atomic E-state index is -0.467. The highest BCUT2D eigenvalue weighted by atomic mass is 16.5. The van der Waals surface area contributed by atoms with Crippen molar-refractivity contribution in [3.63, 3.8) is 0 Å². The predicted molar refractivity (Wildman–Crippen MR) is 57.6 cm³/mol. The Kier molecular flexibility index (Phi) is 3.85. The van der Waals surface area contributed by atoms with Gasteiger partial charge in [0.1, 0.15) is 0 Å². The van der Waals surface area contributed by atoms with Crippen LogP contribution in [-0.2, 0) is 0 Å². The molecule has 0 fully saturated rings. The molecule has 1 aromatic heterocycles. The topological polar surface area (TPSA) is 59.2 Å². The first-order valence-corrected chi connectivity index (χ1v) is 5.45. The molecule has 4 nitrogen and oxygen atoms in total. The van der Waals surface area contributed by atoms with Crippen LogP contribution in [-0.4, -0.2) is 21.4 Å². The summed E-state index contributed by atoms with van der Waals surface area (Å²) < 4.78 is 5.19. The zero-order valence-electron chi connectivity index (χ0n) is 10.1. The number of hydrogen-bond acceptors (Lipinski definition) is 4. The van der Waals surface area contributed by atoms with Gasteiger partial charge in [-0.3, -0.25) is 0 Å². The highest BCUT2D eigenvalue weighted by Crippen LogP contribution is 2.27. The van der Waals surface area contributed by atoms with Crippen molar-refractivity contribution in [3.05, 3.63) is 11.7 Å². The summed E-state index contributed by atoms with van der Waals surface area (Å²) in [5.74, 6) is 1.71. The van der Waals surface area contributed by atoms with E-state index in [4.69, 9.17) is 4.52 Å². The molecule has 0 aliphatic rings. The summed E-state index contributed by atoms with van der Waals surface area (Å²) in [5, 5.41) is 13.6. The van der Waals surface area contributed by atoms with Gasteiger partial charge in [-0.15, -0.1) is 0 Å². The van der Waals surface area contributed by atoms with Crippen LogP contribution in [0.25, 0.3) is 0 Å². The lowest BCUT2D eigenvalue weighted by molar-refractivity contribution is 0.120. The summed E-state index contributed by atoms with van der Waals surface area (Å²) in [6, 6.07) is 0. The molecule has 2 atom stereocenters. The Morgan fingerprint density at radius 2 is 1.73 bits per heavy atom. The van der Waals surface area contributed by atoms with Gasteiger partial charge in [0.25, 0.3) is 0 Å². The lowest BCUT2D eigenvalue weighted by Gasteiger charge is -2.19. The molecule has 2 unspecified atom stereocenters. The maximum Gasteiger partial charge on any atom is 0.232 e. The van der Waals surface area contributed by atoms with Crippen LogP contribution in [0, 0.1) is 5.92 Å². The molecule has 1 rings (SSSR count). The SMILES string of the molecule is CC(C)c1noc(C(C(C)C)C(C)O)n1. The molecular formula is C11H20N2O2. The molecule has 15 heavy (non-hydrogen) atoms. The minimum Gasteiger partial charge on any atom is -0.393 e. The molecule has 0 aliphatic carbocycles. The molecule has 4 heteroatoms. The van der Waals surface area contributed by atoms with Crippen LogP contribution < -0.4 is 0 Å². The predicted octanol–water partition coefficient (Wildman–Crippen LogP) is 2.31. The standard InChI is InChI=1S/C11H20N2O2/c1-6(2)9(8(5)14)11-12-10(7(3)4)13-15-11/h6-9,14H,1-5H3. The minimum absolute atomic E-state index is 0.0787. The monoisotopic (exact) mass is 212 g/mol. The highest BCUT2D eigenvalue weighted by molar-refractivity contribution is 5.00. The Bertz CT molecular complexity index is 297. The number of hydrogen-bond donors (Lipinski definition) is 1. The van der Waals surface area contributed by atoms with Crippen molar-refractivity contribution < 1.29 is 9.63 Å². The molecule has 1 N–H and O–H groups in total. The van der Waals surface area contributed by atoms with Gasteiger partial charge in [0.05, 0.1) is 12.0 Å². The third-order valence-electron chi connectivity index (χ3n) is 2.50. The Morgan fingerprint density at radius 1 is 1.13 bits per heavy atom. The summed E-state index contributed by atoms with van der Waals surface area (Å²) >= 11 is 0. The normalized spacial score (nSPS) is 16.0. The van der Waals surface area contributed by atoms with Gasteiger partial charge in [-0.1, -0.05) is 32.9 Å². The van der Waals surface area contributed by atoms with E-state index in [-0.39, 0.29) is 17.8 Å². The second-order valence-electron chi connectivity index (χ2n) is 4.66. The third kappa shape index (κ3) is 2.78. The van der Waals surface area contributed by atoms with Crippen molar-refractivity contribution in [1.29, 1.82) is 0 Å². The summed E-state index contributed by atoms with van der Waals surface area (Å²) in [4.78, 5) is 4.31. The molecule has 86 valence electrons. The van der Waals surface area contributed by atoms with E-state index in [1.807, 2.05) is 27.7 Å². The largest absolute Gasteiger partial charge is 0.393 e. The fraction of sp³-hybridized carbons (Fsp3) is 0.818. The fourth-order valence-corrected chi connectivity index (χ4v) is 1.67. The van der Waals surface area contributed by atoms with Crippen LogP contribution in [0.3, 0.4) is 0 Å². The molecule has 0 saturated heterocycles. The maximum atomic E-state index is 9.66. The molecule has 0 saturated carbocycles. The van der Waals surface area contributed by atoms with Crippen molar-refractivity contribution in [2.45, 2.75) is 52.6 Å². The second-order valence-corrected chi connectivity index (χ2v) is 4.66. The quantitative estimate of drug-likeness (QED) is 0.832. The van der Waals surface area contributed by atoms with Gasteiger partial charge in [0.15, 0.2) is 5.82 Å². The first-order chi connectivity index (χ1) is 6.93. The summed E-state index contributed by atoms with van der Waals surface area (Å²) in [7, 11) is 0. The molecule has 0 bridgehead atoms. The Labute approximate surface area is 90.7 Å². The van der Waals surface area contributed by atoms with Gasteiger partial charge in [0.2, 0.25) is 5.89 Å². The van der Waals surface area contributed by atoms with Crippen molar-refractivity contribution in [2.75, 3.05) is 0 Å². The van der Waals surface area contributed by atoms with Crippen LogP contribution >= 0.6 is 0 Å². The summed E-state index contributed by atoms with van der Waals surface area (Å²) in [5.41, 5.74) is 0. The molecular weight excluding hydrogens is 192 g/mol. The van der Waals surface area contributed by atoms with Gasteiger partial charge in [-0.2, -0.15) is 4.98 Å². The average Bonchev–Trinajstić information content (AvgIpc) is 2.51. The number of rotatable bonds is 4. The Balaban J connectivity index is 2.92. The van der Waals surface area contributed by atoms with Crippen molar-refractivity contribution in [3.8, 4) is 0 Å². The molecule has 0 amide bonds. The number of nitrogens with zero attached hydrogens (tertiary/aromatic N) is 2. The average molecular weight is 212 g/mol. The van der Waals surface area contributed by atoms with Crippen LogP contribution in [0.4, 0.5) is 0 Å². The van der Waals surface area contributed by atoms with E-state index in [0.717, 1.165) is 0 Å². The van der Waals surface area contributed by atoms with E-state index in [1.165, 1.54) is 0 Å². The maximum absolute atomic E-state index is 9.66. The first kappa shape index (κ1) is 12.2. The number of aromatic nitrogens is 2. The fourth-order valence-electron chi connectivity index (χ4n) is 1.67. The van der Waals surface area contributed by atoms with Gasteiger partial charge in [-0.25, -0.2) is 0 Å². The van der Waals surface area contributed by atoms with E-state index in [0.29, 0.717) is 11.7 Å². The highest BCUT2D eigenvalue weighted by Gasteiger charge is 2.27. The van der Waals surface area contributed by atoms with E-state index in [2.05, 4.69) is 10.1 Å². The van der Waals surface area contributed by atoms with Crippen LogP contribution in [0.1, 0.15) is 58.2 Å². The summed E-state index contributed by atoms with van der Waals surface area (Å²) in [6.07, 6.45) is -0.467. The zero-order chi connectivity index (χ0) is 11.6. The molecule has 0 spiro atoms. The smallest absolute Gasteiger partial charge is 0.232 e. The molecule has 1 heterocycles. The van der Waals surface area contributed by atoms with Crippen LogP contribution in [0.2, 0.25) is 0 Å². The van der Waals surface area contributed by atoms with Crippen molar-refractivity contribution in [1.82, 2.24) is 10.1 Å². The first-order valence-electron chi connectivity index (χ1n) is 5.45. The van der Waals surface area contributed by atoms with Gasteiger partial charge in [-0.05, 0) is 12.8 Å². The summed E-state index contributed by atoms with van der Waals surface area (Å²) in [6.45, 7) is 9.86. The molecule has 1 aromatic rings. The van der Waals surface area contributed by atoms with Crippen LogP contribution in [0.5, 0.6) is 0 Å². The Hall–Kier alpha value is -0.900. The van der Waals surface area contributed by atoms with E-state index < -0.39 is 6.10 Å². The van der Waals surface area contributed by atoms with E-state index in [9.17, 15) is 5.11 Å². The molecule has 0 aliphatic heterocycles. The van der Waals surface area contributed by atoms with Gasteiger partial charge < -0.3 is 9.63 Å². The van der Waals surface area contributed by atoms with Crippen molar-refractivity contribution in [2.24, 2.45) is 5.92 Å². The molecule has 0 aromatic carbocycles. The van der Waals surface area contributed by atoms with Gasteiger partial charge >= 0.3 is 0 Å².